The lowest BCUT2D eigenvalue weighted by atomic mass is 10.2. The standard InChI is InChI=1S/C14H14ClN5/c1-2-16-13-12-14(18-8-17-12)20(9-19-13)7-10-3-5-11(15)6-4-10/h3-6,8-9H,2,7H2,1H3,(H,16,17,18)/p+1. The van der Waals surface area contributed by atoms with Crippen LogP contribution in [0.4, 0.5) is 5.82 Å². The van der Waals surface area contributed by atoms with Gasteiger partial charge in [-0.25, -0.2) is 4.57 Å². The van der Waals surface area contributed by atoms with Crippen LogP contribution in [0, 0.1) is 0 Å². The van der Waals surface area contributed by atoms with Crippen LogP contribution in [0.25, 0.3) is 11.2 Å². The van der Waals surface area contributed by atoms with Gasteiger partial charge in [0.15, 0.2) is 11.8 Å². The van der Waals surface area contributed by atoms with Crippen LogP contribution in [0.3, 0.4) is 0 Å². The van der Waals surface area contributed by atoms with Gasteiger partial charge in [-0.05, 0) is 24.6 Å². The molecule has 0 fully saturated rings. The smallest absolute Gasteiger partial charge is 0.293 e. The van der Waals surface area contributed by atoms with Gasteiger partial charge >= 0.3 is 0 Å². The number of fused-ring (bicyclic) bond motifs is 1. The van der Waals surface area contributed by atoms with Gasteiger partial charge in [0, 0.05) is 11.6 Å². The lowest BCUT2D eigenvalue weighted by molar-refractivity contribution is -0.667. The summed E-state index contributed by atoms with van der Waals surface area (Å²) in [5, 5.41) is 3.96. The molecule has 1 aromatic carbocycles. The van der Waals surface area contributed by atoms with Gasteiger partial charge in [-0.3, -0.25) is 0 Å². The van der Waals surface area contributed by atoms with E-state index in [0.717, 1.165) is 34.1 Å². The average Bonchev–Trinajstić information content (AvgIpc) is 2.94. The highest BCUT2D eigenvalue weighted by molar-refractivity contribution is 6.30. The van der Waals surface area contributed by atoms with Crippen molar-refractivity contribution < 1.29 is 4.57 Å². The van der Waals surface area contributed by atoms with E-state index in [1.54, 1.807) is 12.7 Å². The van der Waals surface area contributed by atoms with Crippen LogP contribution in [-0.2, 0) is 6.54 Å². The lowest BCUT2D eigenvalue weighted by Crippen LogP contribution is -2.36. The Hall–Kier alpha value is -2.14. The normalized spacial score (nSPS) is 10.9. The summed E-state index contributed by atoms with van der Waals surface area (Å²) < 4.78 is 2.01. The molecule has 0 radical (unpaired) electrons. The summed E-state index contributed by atoms with van der Waals surface area (Å²) in [6.07, 6.45) is 3.49. The summed E-state index contributed by atoms with van der Waals surface area (Å²) in [4.78, 5) is 11.9. The molecule has 0 saturated carbocycles. The van der Waals surface area contributed by atoms with Crippen LogP contribution in [0.15, 0.2) is 36.9 Å². The first-order valence-corrected chi connectivity index (χ1v) is 6.85. The Morgan fingerprint density at radius 1 is 1.25 bits per heavy atom. The first-order chi connectivity index (χ1) is 9.78. The zero-order chi connectivity index (χ0) is 13.9. The predicted molar refractivity (Wildman–Crippen MR) is 78.8 cm³/mol. The average molecular weight is 289 g/mol. The van der Waals surface area contributed by atoms with Crippen molar-refractivity contribution in [3.63, 3.8) is 0 Å². The van der Waals surface area contributed by atoms with Crippen LogP contribution in [0.2, 0.25) is 5.02 Å². The third-order valence-electron chi connectivity index (χ3n) is 3.06. The second kappa shape index (κ2) is 5.46. The van der Waals surface area contributed by atoms with Crippen molar-refractivity contribution in [1.29, 1.82) is 0 Å². The molecule has 5 nitrogen and oxygen atoms in total. The molecule has 0 saturated heterocycles. The number of imidazole rings is 1. The highest BCUT2D eigenvalue weighted by Gasteiger charge is 2.16. The van der Waals surface area contributed by atoms with E-state index in [9.17, 15) is 0 Å². The molecule has 0 bridgehead atoms. The van der Waals surface area contributed by atoms with Crippen molar-refractivity contribution >= 4 is 28.6 Å². The monoisotopic (exact) mass is 288 g/mol. The van der Waals surface area contributed by atoms with Crippen LogP contribution < -0.4 is 9.88 Å². The molecule has 3 aromatic rings. The number of aromatic amines is 1. The maximum absolute atomic E-state index is 5.90. The second-order valence-corrected chi connectivity index (χ2v) is 4.92. The molecule has 0 aliphatic carbocycles. The van der Waals surface area contributed by atoms with E-state index in [-0.39, 0.29) is 0 Å². The zero-order valence-corrected chi connectivity index (χ0v) is 11.9. The molecule has 2 heterocycles. The fraction of sp³-hybridized carbons (Fsp3) is 0.214. The van der Waals surface area contributed by atoms with Gasteiger partial charge in [-0.15, -0.1) is 0 Å². The molecule has 20 heavy (non-hydrogen) atoms. The summed E-state index contributed by atoms with van der Waals surface area (Å²) in [6.45, 7) is 3.57. The number of H-pyrrole nitrogens is 1. The lowest BCUT2D eigenvalue weighted by Gasteiger charge is -2.04. The van der Waals surface area contributed by atoms with Gasteiger partial charge in [-0.2, -0.15) is 0 Å². The molecule has 2 N–H and O–H groups in total. The van der Waals surface area contributed by atoms with E-state index in [0.29, 0.717) is 6.54 Å². The van der Waals surface area contributed by atoms with E-state index in [2.05, 4.69) is 20.3 Å². The van der Waals surface area contributed by atoms with Crippen LogP contribution in [0.1, 0.15) is 12.5 Å². The van der Waals surface area contributed by atoms with Crippen molar-refractivity contribution in [1.82, 2.24) is 15.0 Å². The number of nitrogens with zero attached hydrogens (tertiary/aromatic N) is 3. The summed E-state index contributed by atoms with van der Waals surface area (Å²) in [7, 11) is 0. The van der Waals surface area contributed by atoms with E-state index in [4.69, 9.17) is 11.6 Å². The highest BCUT2D eigenvalue weighted by atomic mass is 35.5. The molecule has 102 valence electrons. The summed E-state index contributed by atoms with van der Waals surface area (Å²) in [5.41, 5.74) is 2.95. The number of aromatic nitrogens is 4. The van der Waals surface area contributed by atoms with E-state index in [1.165, 1.54) is 0 Å². The van der Waals surface area contributed by atoms with Crippen LogP contribution in [-0.4, -0.2) is 21.5 Å². The molecule has 0 spiro atoms. The summed E-state index contributed by atoms with van der Waals surface area (Å²) in [5.74, 6) is 0.826. The van der Waals surface area contributed by atoms with E-state index < -0.39 is 0 Å². The maximum atomic E-state index is 5.90. The number of nitrogens with one attached hydrogen (secondary N) is 2. The van der Waals surface area contributed by atoms with Gasteiger partial charge in [0.2, 0.25) is 12.1 Å². The van der Waals surface area contributed by atoms with Crippen LogP contribution in [0.5, 0.6) is 0 Å². The molecule has 6 heteroatoms. The van der Waals surface area contributed by atoms with Crippen molar-refractivity contribution in [2.45, 2.75) is 13.5 Å². The number of rotatable bonds is 4. The Morgan fingerprint density at radius 2 is 2.05 bits per heavy atom. The Balaban J connectivity index is 1.98. The summed E-state index contributed by atoms with van der Waals surface area (Å²) >= 11 is 5.90. The molecular formula is C14H15ClN5+. The number of halogens is 1. The molecular weight excluding hydrogens is 274 g/mol. The number of hydrogen-bond donors (Lipinski definition) is 2. The van der Waals surface area contributed by atoms with E-state index in [1.807, 2.05) is 35.8 Å². The Morgan fingerprint density at radius 3 is 2.80 bits per heavy atom. The number of benzene rings is 1. The largest absolute Gasteiger partial charge is 0.355 e. The predicted octanol–water partition coefficient (Wildman–Crippen LogP) is 2.38. The molecule has 0 aliphatic heterocycles. The minimum atomic E-state index is 0.706. The van der Waals surface area contributed by atoms with Gasteiger partial charge in [-0.1, -0.05) is 33.7 Å². The maximum Gasteiger partial charge on any atom is 0.293 e. The van der Waals surface area contributed by atoms with Crippen LogP contribution >= 0.6 is 11.6 Å². The van der Waals surface area contributed by atoms with Gasteiger partial charge in [0.25, 0.3) is 5.65 Å². The Kier molecular flexibility index (Phi) is 3.52. The molecule has 0 aliphatic rings. The summed E-state index contributed by atoms with van der Waals surface area (Å²) in [6, 6.07) is 7.79. The third kappa shape index (κ3) is 2.44. The Labute approximate surface area is 121 Å². The van der Waals surface area contributed by atoms with Crippen molar-refractivity contribution in [3.05, 3.63) is 47.5 Å². The van der Waals surface area contributed by atoms with E-state index >= 15 is 0 Å². The zero-order valence-electron chi connectivity index (χ0n) is 11.1. The Bertz CT molecular complexity index is 720. The molecule has 3 rings (SSSR count). The van der Waals surface area contributed by atoms with Crippen molar-refractivity contribution in [2.75, 3.05) is 11.9 Å². The van der Waals surface area contributed by atoms with Gasteiger partial charge < -0.3 is 10.3 Å². The first kappa shape index (κ1) is 12.9. The van der Waals surface area contributed by atoms with Crippen molar-refractivity contribution in [2.24, 2.45) is 0 Å². The molecule has 2 aromatic heterocycles. The van der Waals surface area contributed by atoms with Gasteiger partial charge in [0.05, 0.1) is 6.54 Å². The fourth-order valence-electron chi connectivity index (χ4n) is 2.13. The quantitative estimate of drug-likeness (QED) is 0.725. The third-order valence-corrected chi connectivity index (χ3v) is 3.32. The minimum Gasteiger partial charge on any atom is -0.355 e. The topological polar surface area (TPSA) is 57.5 Å². The number of hydrogen-bond acceptors (Lipinski definition) is 3. The second-order valence-electron chi connectivity index (χ2n) is 4.48. The fourth-order valence-corrected chi connectivity index (χ4v) is 2.26. The minimum absolute atomic E-state index is 0.706. The SMILES string of the molecule is CCNc1nc[n+](Cc2ccc(Cl)cc2)c2nc[nH]c12. The molecule has 0 unspecified atom stereocenters. The van der Waals surface area contributed by atoms with Gasteiger partial charge in [0.1, 0.15) is 0 Å². The first-order valence-electron chi connectivity index (χ1n) is 6.47. The number of anilines is 1. The van der Waals surface area contributed by atoms with Crippen molar-refractivity contribution in [3.8, 4) is 0 Å². The highest BCUT2D eigenvalue weighted by Crippen LogP contribution is 2.14. The molecule has 0 atom stereocenters. The molecule has 0 amide bonds.